The molecule has 0 bridgehead atoms. The van der Waals surface area contributed by atoms with E-state index in [0.717, 1.165) is 3.97 Å². The summed E-state index contributed by atoms with van der Waals surface area (Å²) in [6, 6.07) is 9.20. The van der Waals surface area contributed by atoms with Gasteiger partial charge in [-0.15, -0.1) is 0 Å². The van der Waals surface area contributed by atoms with E-state index in [-0.39, 0.29) is 5.41 Å². The first-order valence-corrected chi connectivity index (χ1v) is 11.9. The maximum atomic E-state index is 2.76. The molecular formula is C19H25Te+. The third-order valence-electron chi connectivity index (χ3n) is 4.64. The topological polar surface area (TPSA) is 0 Å². The van der Waals surface area contributed by atoms with Crippen LogP contribution in [0.5, 0.6) is 0 Å². The quantitative estimate of drug-likeness (QED) is 0.410. The van der Waals surface area contributed by atoms with Crippen molar-refractivity contribution in [2.75, 3.05) is 0 Å². The standard InChI is InChI=1S/C19H25Te/c1-13-10-18-16-9-7-6-8-15(16)17(19(3,4)5)12-20(18)11-14(13)2/h6-9,12,18H,10-11H2,1-5H3/q+1. The molecule has 20 heavy (non-hydrogen) atoms. The Balaban J connectivity index is 2.15. The maximum absolute atomic E-state index is 2.76. The Morgan fingerprint density at radius 1 is 1.05 bits per heavy atom. The molecule has 106 valence electrons. The molecule has 0 nitrogen and oxygen atoms in total. The van der Waals surface area contributed by atoms with Gasteiger partial charge in [-0.1, -0.05) is 0 Å². The van der Waals surface area contributed by atoms with Crippen LogP contribution in [0.4, 0.5) is 0 Å². The van der Waals surface area contributed by atoms with Crippen molar-refractivity contribution >= 4 is 25.1 Å². The van der Waals surface area contributed by atoms with Crippen LogP contribution in [-0.4, -0.2) is 19.6 Å². The molecule has 0 N–H and O–H groups in total. The zero-order chi connectivity index (χ0) is 14.5. The summed E-state index contributed by atoms with van der Waals surface area (Å²) in [5.74, 6) is 0. The van der Waals surface area contributed by atoms with Gasteiger partial charge in [0.05, 0.1) is 0 Å². The molecule has 0 aliphatic carbocycles. The molecule has 1 atom stereocenters. The molecular weight excluding hydrogens is 356 g/mol. The second-order valence-corrected chi connectivity index (χ2v) is 13.0. The van der Waals surface area contributed by atoms with Crippen molar-refractivity contribution in [2.45, 2.75) is 49.5 Å². The van der Waals surface area contributed by atoms with Crippen LogP contribution in [0.2, 0.25) is 4.47 Å². The van der Waals surface area contributed by atoms with E-state index < -0.39 is 19.6 Å². The summed E-state index contributed by atoms with van der Waals surface area (Å²) in [4.78, 5) is 0. The molecule has 0 aromatic heterocycles. The normalized spacial score (nSPS) is 23.2. The molecule has 0 amide bonds. The molecule has 1 aromatic rings. The van der Waals surface area contributed by atoms with Crippen molar-refractivity contribution in [2.24, 2.45) is 5.41 Å². The van der Waals surface area contributed by atoms with Crippen LogP contribution in [0.25, 0.3) is 5.57 Å². The monoisotopic (exact) mass is 383 g/mol. The molecule has 3 rings (SSSR count). The summed E-state index contributed by atoms with van der Waals surface area (Å²) >= 11 is -1.19. The van der Waals surface area contributed by atoms with E-state index in [1.165, 1.54) is 16.5 Å². The fourth-order valence-corrected chi connectivity index (χ4v) is 11.7. The Labute approximate surface area is 130 Å². The molecule has 0 saturated heterocycles. The molecule has 0 fully saturated rings. The molecule has 0 spiro atoms. The average molecular weight is 381 g/mol. The van der Waals surface area contributed by atoms with E-state index in [0.29, 0.717) is 0 Å². The van der Waals surface area contributed by atoms with Crippen molar-refractivity contribution in [3.8, 4) is 0 Å². The Bertz CT molecular complexity index is 598. The number of benzene rings is 1. The molecule has 0 saturated carbocycles. The van der Waals surface area contributed by atoms with Crippen LogP contribution in [-0.2, 0) is 0 Å². The van der Waals surface area contributed by atoms with Gasteiger partial charge in [0.25, 0.3) is 0 Å². The molecule has 2 heterocycles. The molecule has 1 heteroatoms. The van der Waals surface area contributed by atoms with Crippen molar-refractivity contribution in [1.29, 1.82) is 0 Å². The van der Waals surface area contributed by atoms with Gasteiger partial charge in [0, 0.05) is 0 Å². The Hall–Kier alpha value is -0.510. The van der Waals surface area contributed by atoms with E-state index in [1.54, 1.807) is 22.3 Å². The number of allylic oxidation sites excluding steroid dienone is 3. The van der Waals surface area contributed by atoms with E-state index in [2.05, 4.69) is 63.0 Å². The van der Waals surface area contributed by atoms with Crippen LogP contribution in [0.1, 0.15) is 56.1 Å². The number of rotatable bonds is 0. The van der Waals surface area contributed by atoms with E-state index in [9.17, 15) is 0 Å². The summed E-state index contributed by atoms with van der Waals surface area (Å²) in [5, 5.41) is 0. The minimum absolute atomic E-state index is 0.270. The zero-order valence-electron chi connectivity index (χ0n) is 13.3. The summed E-state index contributed by atoms with van der Waals surface area (Å²) in [6.45, 7) is 11.8. The summed E-state index contributed by atoms with van der Waals surface area (Å²) < 4.78 is 5.03. The van der Waals surface area contributed by atoms with Gasteiger partial charge >= 0.3 is 131 Å². The van der Waals surface area contributed by atoms with E-state index >= 15 is 0 Å². The minimum atomic E-state index is -1.19. The van der Waals surface area contributed by atoms with Crippen LogP contribution in [0.15, 0.2) is 39.5 Å². The molecule has 2 aliphatic heterocycles. The number of hydrogen-bond donors (Lipinski definition) is 0. The van der Waals surface area contributed by atoms with Crippen LogP contribution in [0.3, 0.4) is 0 Å². The van der Waals surface area contributed by atoms with Crippen molar-refractivity contribution in [3.05, 3.63) is 50.7 Å². The van der Waals surface area contributed by atoms with Gasteiger partial charge in [-0.3, -0.25) is 0 Å². The fraction of sp³-hybridized carbons (Fsp3) is 0.474. The van der Waals surface area contributed by atoms with Gasteiger partial charge in [0.15, 0.2) is 0 Å². The van der Waals surface area contributed by atoms with Gasteiger partial charge < -0.3 is 0 Å². The second kappa shape index (κ2) is 5.04. The second-order valence-electron chi connectivity index (χ2n) is 7.24. The first-order chi connectivity index (χ1) is 9.38. The molecule has 2 aliphatic rings. The fourth-order valence-electron chi connectivity index (χ4n) is 3.25. The third kappa shape index (κ3) is 2.40. The number of hydrogen-bond acceptors (Lipinski definition) is 0. The average Bonchev–Trinajstić information content (AvgIpc) is 2.38. The summed E-state index contributed by atoms with van der Waals surface area (Å²) in [7, 11) is 0. The molecule has 0 radical (unpaired) electrons. The first-order valence-electron chi connectivity index (χ1n) is 7.53. The van der Waals surface area contributed by atoms with Gasteiger partial charge in [0.1, 0.15) is 0 Å². The Morgan fingerprint density at radius 2 is 1.75 bits per heavy atom. The molecule has 1 unspecified atom stereocenters. The van der Waals surface area contributed by atoms with E-state index in [4.69, 9.17) is 0 Å². The summed E-state index contributed by atoms with van der Waals surface area (Å²) in [6.07, 6.45) is 1.31. The Kier molecular flexibility index (Phi) is 3.64. The van der Waals surface area contributed by atoms with Crippen LogP contribution >= 0.6 is 0 Å². The SMILES string of the molecule is CC1=C(C)C[Te+]2C=C(C(C)(C)C)c3ccccc3C2C1. The first kappa shape index (κ1) is 14.4. The van der Waals surface area contributed by atoms with Gasteiger partial charge in [0.2, 0.25) is 0 Å². The molecule has 1 aromatic carbocycles. The predicted octanol–water partition coefficient (Wildman–Crippen LogP) is 5.53. The van der Waals surface area contributed by atoms with Crippen molar-refractivity contribution < 1.29 is 0 Å². The third-order valence-corrected chi connectivity index (χ3v) is 11.7. The zero-order valence-corrected chi connectivity index (χ0v) is 15.6. The van der Waals surface area contributed by atoms with Crippen molar-refractivity contribution in [3.63, 3.8) is 0 Å². The van der Waals surface area contributed by atoms with Gasteiger partial charge in [-0.05, 0) is 0 Å². The van der Waals surface area contributed by atoms with Gasteiger partial charge in [-0.25, -0.2) is 0 Å². The van der Waals surface area contributed by atoms with E-state index in [1.807, 2.05) is 0 Å². The Morgan fingerprint density at radius 3 is 2.45 bits per heavy atom. The predicted molar refractivity (Wildman–Crippen MR) is 90.2 cm³/mol. The number of fused-ring (bicyclic) bond motifs is 3. The van der Waals surface area contributed by atoms with Crippen LogP contribution in [0, 0.1) is 5.41 Å². The van der Waals surface area contributed by atoms with Crippen molar-refractivity contribution in [1.82, 2.24) is 0 Å². The summed E-state index contributed by atoms with van der Waals surface area (Å²) in [5.41, 5.74) is 8.41. The van der Waals surface area contributed by atoms with Gasteiger partial charge in [-0.2, -0.15) is 0 Å². The van der Waals surface area contributed by atoms with Crippen LogP contribution < -0.4 is 0 Å².